The van der Waals surface area contributed by atoms with Crippen LogP contribution in [0.15, 0.2) is 11.6 Å². The molecule has 0 spiro atoms. The van der Waals surface area contributed by atoms with E-state index in [1.807, 2.05) is 4.90 Å². The predicted octanol–water partition coefficient (Wildman–Crippen LogP) is 3.20. The first-order chi connectivity index (χ1) is 18.6. The van der Waals surface area contributed by atoms with Crippen LogP contribution < -0.4 is 5.32 Å². The van der Waals surface area contributed by atoms with E-state index >= 15 is 0 Å². The largest absolute Gasteiger partial charge is 0.508 e. The first-order valence-corrected chi connectivity index (χ1v) is 15.0. The predicted molar refractivity (Wildman–Crippen MR) is 141 cm³/mol. The Morgan fingerprint density at radius 2 is 1.97 bits per heavy atom. The highest BCUT2D eigenvalue weighted by atomic mass is 16.7. The molecule has 9 nitrogen and oxygen atoms in total. The normalized spacial score (nSPS) is 43.9. The van der Waals surface area contributed by atoms with E-state index in [4.69, 9.17) is 14.2 Å². The Balaban J connectivity index is 1.05. The third-order valence-corrected chi connectivity index (χ3v) is 11.9. The Hall–Kier alpha value is -2.13. The van der Waals surface area contributed by atoms with Crippen molar-refractivity contribution < 1.29 is 33.7 Å². The summed E-state index contributed by atoms with van der Waals surface area (Å²) in [4.78, 5) is 37.7. The fourth-order valence-corrected chi connectivity index (χ4v) is 9.79. The summed E-state index contributed by atoms with van der Waals surface area (Å²) in [6.07, 6.45) is 9.40. The van der Waals surface area contributed by atoms with E-state index in [2.05, 4.69) is 19.2 Å². The van der Waals surface area contributed by atoms with Crippen molar-refractivity contribution in [3.8, 4) is 0 Å². The van der Waals surface area contributed by atoms with Crippen LogP contribution in [0.5, 0.6) is 0 Å². The number of carbonyl (C=O) groups excluding carboxylic acids is 3. The molecule has 2 aliphatic heterocycles. The summed E-state index contributed by atoms with van der Waals surface area (Å²) in [5.74, 6) is 1.15. The minimum absolute atomic E-state index is 0.00329. The molecular weight excluding hydrogens is 500 g/mol. The van der Waals surface area contributed by atoms with E-state index in [1.165, 1.54) is 0 Å². The van der Waals surface area contributed by atoms with E-state index in [-0.39, 0.29) is 47.3 Å². The summed E-state index contributed by atoms with van der Waals surface area (Å²) in [5.41, 5.74) is 0.261. The quantitative estimate of drug-likeness (QED) is 0.508. The summed E-state index contributed by atoms with van der Waals surface area (Å²) in [6, 6.07) is 0. The molecule has 0 aromatic rings. The van der Waals surface area contributed by atoms with Gasteiger partial charge in [-0.1, -0.05) is 13.8 Å². The van der Waals surface area contributed by atoms with E-state index in [1.54, 1.807) is 6.08 Å². The van der Waals surface area contributed by atoms with Gasteiger partial charge in [0.1, 0.15) is 19.3 Å². The molecule has 39 heavy (non-hydrogen) atoms. The van der Waals surface area contributed by atoms with Crippen molar-refractivity contribution in [1.29, 1.82) is 0 Å². The van der Waals surface area contributed by atoms with Crippen LogP contribution in [0, 0.1) is 34.5 Å². The molecule has 1 amide bonds. The average Bonchev–Trinajstić information content (AvgIpc) is 3.44. The third-order valence-electron chi connectivity index (χ3n) is 11.9. The van der Waals surface area contributed by atoms with Crippen molar-refractivity contribution in [3.63, 3.8) is 0 Å². The highest BCUT2D eigenvalue weighted by molar-refractivity contribution is 5.85. The van der Waals surface area contributed by atoms with Crippen molar-refractivity contribution in [2.24, 2.45) is 34.5 Å². The molecule has 0 aromatic heterocycles. The van der Waals surface area contributed by atoms with Gasteiger partial charge >= 0.3 is 12.1 Å². The van der Waals surface area contributed by atoms with Crippen molar-refractivity contribution in [2.75, 3.05) is 39.4 Å². The molecule has 0 unspecified atom stereocenters. The molecule has 0 radical (unpaired) electrons. The van der Waals surface area contributed by atoms with E-state index in [0.717, 1.165) is 69.9 Å². The second-order valence-corrected chi connectivity index (χ2v) is 13.5. The van der Waals surface area contributed by atoms with Crippen LogP contribution >= 0.6 is 0 Å². The van der Waals surface area contributed by atoms with Gasteiger partial charge in [0.15, 0.2) is 0 Å². The summed E-state index contributed by atoms with van der Waals surface area (Å²) < 4.78 is 16.4. The number of fused-ring (bicyclic) bond motifs is 5. The molecule has 5 fully saturated rings. The number of nitrogens with one attached hydrogen (secondary N) is 1. The maximum Gasteiger partial charge on any atom is 0.508 e. The van der Waals surface area contributed by atoms with Crippen molar-refractivity contribution in [1.82, 2.24) is 10.2 Å². The molecule has 8 atom stereocenters. The number of cyclic esters (lactones) is 1. The van der Waals surface area contributed by atoms with E-state index in [9.17, 15) is 19.5 Å². The Morgan fingerprint density at radius 1 is 1.13 bits per heavy atom. The van der Waals surface area contributed by atoms with Crippen molar-refractivity contribution in [2.45, 2.75) is 83.3 Å². The first kappa shape index (κ1) is 27.1. The first-order valence-electron chi connectivity index (χ1n) is 15.0. The van der Waals surface area contributed by atoms with Crippen LogP contribution in [0.4, 0.5) is 4.79 Å². The smallest absolute Gasteiger partial charge is 0.458 e. The highest BCUT2D eigenvalue weighted by Gasteiger charge is 2.67. The van der Waals surface area contributed by atoms with Gasteiger partial charge in [0.05, 0.1) is 12.1 Å². The van der Waals surface area contributed by atoms with Crippen LogP contribution in [-0.2, 0) is 23.8 Å². The number of piperazine rings is 1. The van der Waals surface area contributed by atoms with Gasteiger partial charge in [-0.15, -0.1) is 0 Å². The van der Waals surface area contributed by atoms with E-state index < -0.39 is 11.8 Å². The third kappa shape index (κ3) is 4.57. The zero-order valence-corrected chi connectivity index (χ0v) is 23.4. The maximum absolute atomic E-state index is 12.4. The molecular formula is C30H44N2O7. The van der Waals surface area contributed by atoms with Gasteiger partial charge < -0.3 is 24.6 Å². The van der Waals surface area contributed by atoms with Gasteiger partial charge in [-0.05, 0) is 92.4 Å². The number of ether oxygens (including phenoxy) is 3. The Kier molecular flexibility index (Phi) is 6.97. The second-order valence-electron chi connectivity index (χ2n) is 13.5. The lowest BCUT2D eigenvalue weighted by Gasteiger charge is -2.63. The lowest BCUT2D eigenvalue weighted by molar-refractivity contribution is -0.208. The minimum atomic E-state index is -0.715. The molecule has 0 bridgehead atoms. The van der Waals surface area contributed by atoms with E-state index in [0.29, 0.717) is 38.1 Å². The van der Waals surface area contributed by atoms with Gasteiger partial charge in [0.2, 0.25) is 5.91 Å². The Morgan fingerprint density at radius 3 is 2.74 bits per heavy atom. The van der Waals surface area contributed by atoms with Crippen LogP contribution in [-0.4, -0.2) is 79.1 Å². The molecule has 2 N–H and O–H groups in total. The number of carbonyl (C=O) groups is 3. The maximum atomic E-state index is 12.4. The minimum Gasteiger partial charge on any atom is -0.458 e. The number of aliphatic hydroxyl groups is 1. The standard InChI is InChI=1S/C30H44N2O7/c1-28-8-5-21(39-27(35)37-14-13-32-12-11-31-25(33)17-32)16-20(28)3-4-24-23(28)6-9-29(2)22(7-10-30(24,29)36)19-15-26(34)38-18-19/h15,20-24,36H,3-14,16-18H2,1-2H3,(H,31,33)/t20-,21+,22-,23+,24-,28+,29-,30+/m1/s1. The van der Waals surface area contributed by atoms with Gasteiger partial charge in [0, 0.05) is 31.1 Å². The lowest BCUT2D eigenvalue weighted by atomic mass is 9.43. The number of nitrogens with zero attached hydrogens (tertiary/aromatic N) is 1. The van der Waals surface area contributed by atoms with Crippen LogP contribution in [0.25, 0.3) is 0 Å². The summed E-state index contributed by atoms with van der Waals surface area (Å²) >= 11 is 0. The summed E-state index contributed by atoms with van der Waals surface area (Å²) in [5, 5.41) is 15.2. The molecule has 4 aliphatic carbocycles. The summed E-state index contributed by atoms with van der Waals surface area (Å²) in [7, 11) is 0. The SMILES string of the molecule is C[C@]12CC[C@H](OC(=O)OCCN3CCNC(=O)C3)C[C@H]1CC[C@@H]1[C@@H]2CC[C@]2(C)[C@@H](C3=CC(=O)OC3)CC[C@]12O. The molecule has 216 valence electrons. The number of rotatable bonds is 5. The van der Waals surface area contributed by atoms with Crippen molar-refractivity contribution in [3.05, 3.63) is 11.6 Å². The number of esters is 1. The Bertz CT molecular complexity index is 1050. The summed E-state index contributed by atoms with van der Waals surface area (Å²) in [6.45, 7) is 7.53. The molecule has 6 rings (SSSR count). The number of hydrogen-bond donors (Lipinski definition) is 2. The molecule has 2 heterocycles. The molecule has 4 saturated carbocycles. The van der Waals surface area contributed by atoms with Gasteiger partial charge in [-0.2, -0.15) is 0 Å². The average molecular weight is 545 g/mol. The van der Waals surface area contributed by atoms with Crippen LogP contribution in [0.2, 0.25) is 0 Å². The fraction of sp³-hybridized carbons (Fsp3) is 0.833. The van der Waals surface area contributed by atoms with Crippen LogP contribution in [0.3, 0.4) is 0 Å². The molecule has 0 aromatic carbocycles. The topological polar surface area (TPSA) is 114 Å². The number of hydrogen-bond acceptors (Lipinski definition) is 8. The molecule has 9 heteroatoms. The zero-order valence-electron chi connectivity index (χ0n) is 23.4. The fourth-order valence-electron chi connectivity index (χ4n) is 9.79. The van der Waals surface area contributed by atoms with Gasteiger partial charge in [-0.3, -0.25) is 9.69 Å². The van der Waals surface area contributed by atoms with Crippen molar-refractivity contribution >= 4 is 18.0 Å². The molecule has 1 saturated heterocycles. The highest BCUT2D eigenvalue weighted by Crippen LogP contribution is 2.70. The monoisotopic (exact) mass is 544 g/mol. The second kappa shape index (κ2) is 10.1. The van der Waals surface area contributed by atoms with Gasteiger partial charge in [-0.25, -0.2) is 9.59 Å². The van der Waals surface area contributed by atoms with Crippen LogP contribution in [0.1, 0.15) is 71.6 Å². The molecule has 6 aliphatic rings. The lowest BCUT2D eigenvalue weighted by Crippen LogP contribution is -2.62. The Labute approximate surface area is 231 Å². The number of amides is 1. The zero-order chi connectivity index (χ0) is 27.4. The van der Waals surface area contributed by atoms with Gasteiger partial charge in [0.25, 0.3) is 0 Å².